The standard InChI is InChI=1S/C18H28O2/c1-5-7-12-19-17-9-10-18(16(14-17)8-6-2)20-13-11-15(3)4/h6,9-10,14-15H,2,5,7-8,11-13H2,1,3-4H3. The van der Waals surface area contributed by atoms with Crippen molar-refractivity contribution >= 4 is 0 Å². The van der Waals surface area contributed by atoms with Gasteiger partial charge in [-0.3, -0.25) is 0 Å². The highest BCUT2D eigenvalue weighted by atomic mass is 16.5. The van der Waals surface area contributed by atoms with E-state index in [2.05, 4.69) is 33.4 Å². The second-order valence-corrected chi connectivity index (χ2v) is 5.50. The normalized spacial score (nSPS) is 10.6. The molecule has 0 atom stereocenters. The molecule has 0 fully saturated rings. The zero-order valence-electron chi connectivity index (χ0n) is 13.2. The average Bonchev–Trinajstić information content (AvgIpc) is 2.41. The zero-order valence-corrected chi connectivity index (χ0v) is 13.2. The Morgan fingerprint density at radius 1 is 1.20 bits per heavy atom. The van der Waals surface area contributed by atoms with Gasteiger partial charge < -0.3 is 9.47 Å². The van der Waals surface area contributed by atoms with Crippen molar-refractivity contribution in [1.29, 1.82) is 0 Å². The number of ether oxygens (including phenoxy) is 2. The highest BCUT2D eigenvalue weighted by Crippen LogP contribution is 2.25. The van der Waals surface area contributed by atoms with Crippen LogP contribution in [0.25, 0.3) is 0 Å². The Hall–Kier alpha value is -1.44. The highest BCUT2D eigenvalue weighted by molar-refractivity contribution is 5.41. The smallest absolute Gasteiger partial charge is 0.123 e. The third-order valence-corrected chi connectivity index (χ3v) is 3.12. The molecule has 0 spiro atoms. The van der Waals surface area contributed by atoms with Crippen LogP contribution in [0.2, 0.25) is 0 Å². The molecule has 0 aromatic heterocycles. The van der Waals surface area contributed by atoms with Crippen molar-refractivity contribution in [3.63, 3.8) is 0 Å². The van der Waals surface area contributed by atoms with Gasteiger partial charge in [0.05, 0.1) is 13.2 Å². The Morgan fingerprint density at radius 3 is 2.65 bits per heavy atom. The lowest BCUT2D eigenvalue weighted by Gasteiger charge is -2.14. The SMILES string of the molecule is C=CCc1cc(OCCCC)ccc1OCCC(C)C. The van der Waals surface area contributed by atoms with Gasteiger partial charge in [-0.1, -0.05) is 33.3 Å². The number of benzene rings is 1. The lowest BCUT2D eigenvalue weighted by atomic mass is 10.1. The second kappa shape index (κ2) is 9.46. The van der Waals surface area contributed by atoms with Gasteiger partial charge in [0.2, 0.25) is 0 Å². The van der Waals surface area contributed by atoms with Gasteiger partial charge in [0.25, 0.3) is 0 Å². The molecule has 0 aliphatic heterocycles. The van der Waals surface area contributed by atoms with Gasteiger partial charge in [-0.15, -0.1) is 6.58 Å². The molecule has 1 aromatic carbocycles. The summed E-state index contributed by atoms with van der Waals surface area (Å²) in [4.78, 5) is 0. The molecule has 0 heterocycles. The minimum absolute atomic E-state index is 0.662. The molecular formula is C18H28O2. The van der Waals surface area contributed by atoms with Crippen LogP contribution in [-0.2, 0) is 6.42 Å². The van der Waals surface area contributed by atoms with Crippen LogP contribution in [0.5, 0.6) is 11.5 Å². The van der Waals surface area contributed by atoms with Crippen molar-refractivity contribution in [1.82, 2.24) is 0 Å². The molecule has 0 aliphatic carbocycles. The molecule has 1 aromatic rings. The maximum atomic E-state index is 5.88. The van der Waals surface area contributed by atoms with E-state index in [0.717, 1.165) is 56.0 Å². The molecule has 2 heteroatoms. The summed E-state index contributed by atoms with van der Waals surface area (Å²) in [6.07, 6.45) is 6.02. The highest BCUT2D eigenvalue weighted by Gasteiger charge is 2.06. The fourth-order valence-corrected chi connectivity index (χ4v) is 1.84. The van der Waals surface area contributed by atoms with E-state index in [9.17, 15) is 0 Å². The van der Waals surface area contributed by atoms with E-state index in [1.165, 1.54) is 0 Å². The Bertz CT molecular complexity index is 396. The number of rotatable bonds is 10. The quantitative estimate of drug-likeness (QED) is 0.441. The lowest BCUT2D eigenvalue weighted by Crippen LogP contribution is -2.04. The Kier molecular flexibility index (Phi) is 7.86. The first-order chi connectivity index (χ1) is 9.67. The summed E-state index contributed by atoms with van der Waals surface area (Å²) in [5, 5.41) is 0. The third-order valence-electron chi connectivity index (χ3n) is 3.12. The van der Waals surface area contributed by atoms with Crippen LogP contribution in [-0.4, -0.2) is 13.2 Å². The van der Waals surface area contributed by atoms with Crippen molar-refractivity contribution in [3.8, 4) is 11.5 Å². The van der Waals surface area contributed by atoms with Crippen LogP contribution in [0.15, 0.2) is 30.9 Å². The number of allylic oxidation sites excluding steroid dienone is 1. The van der Waals surface area contributed by atoms with Crippen LogP contribution in [0.3, 0.4) is 0 Å². The van der Waals surface area contributed by atoms with Crippen molar-refractivity contribution < 1.29 is 9.47 Å². The first-order valence-electron chi connectivity index (χ1n) is 7.66. The Labute approximate surface area is 123 Å². The number of hydrogen-bond donors (Lipinski definition) is 0. The molecule has 0 aliphatic rings. The number of unbranched alkanes of at least 4 members (excludes halogenated alkanes) is 1. The molecule has 2 nitrogen and oxygen atoms in total. The lowest BCUT2D eigenvalue weighted by molar-refractivity contribution is 0.284. The van der Waals surface area contributed by atoms with Crippen molar-refractivity contribution in [2.45, 2.75) is 46.5 Å². The molecule has 1 rings (SSSR count). The summed E-state index contributed by atoms with van der Waals surface area (Å²) in [7, 11) is 0. The van der Waals surface area contributed by atoms with Crippen molar-refractivity contribution in [3.05, 3.63) is 36.4 Å². The van der Waals surface area contributed by atoms with E-state index in [-0.39, 0.29) is 0 Å². The monoisotopic (exact) mass is 276 g/mol. The van der Waals surface area contributed by atoms with Gasteiger partial charge >= 0.3 is 0 Å². The van der Waals surface area contributed by atoms with Crippen LogP contribution >= 0.6 is 0 Å². The van der Waals surface area contributed by atoms with Gasteiger partial charge in [0.15, 0.2) is 0 Å². The van der Waals surface area contributed by atoms with E-state index in [1.54, 1.807) is 0 Å². The van der Waals surface area contributed by atoms with Crippen LogP contribution < -0.4 is 9.47 Å². The van der Waals surface area contributed by atoms with Crippen molar-refractivity contribution in [2.75, 3.05) is 13.2 Å². The summed E-state index contributed by atoms with van der Waals surface area (Å²) < 4.78 is 11.6. The molecule has 0 radical (unpaired) electrons. The summed E-state index contributed by atoms with van der Waals surface area (Å²) in [6, 6.07) is 6.08. The summed E-state index contributed by atoms with van der Waals surface area (Å²) in [5.41, 5.74) is 1.15. The molecular weight excluding hydrogens is 248 g/mol. The van der Waals surface area contributed by atoms with Gasteiger partial charge in [0, 0.05) is 5.56 Å². The van der Waals surface area contributed by atoms with Gasteiger partial charge in [0.1, 0.15) is 11.5 Å². The van der Waals surface area contributed by atoms with E-state index in [4.69, 9.17) is 9.47 Å². The van der Waals surface area contributed by atoms with E-state index in [0.29, 0.717) is 5.92 Å². The van der Waals surface area contributed by atoms with Crippen LogP contribution in [0.4, 0.5) is 0 Å². The Balaban J connectivity index is 2.65. The van der Waals surface area contributed by atoms with Crippen LogP contribution in [0, 0.1) is 5.92 Å². The predicted molar refractivity (Wildman–Crippen MR) is 85.7 cm³/mol. The molecule has 0 bridgehead atoms. The molecule has 0 unspecified atom stereocenters. The second-order valence-electron chi connectivity index (χ2n) is 5.50. The van der Waals surface area contributed by atoms with Crippen molar-refractivity contribution in [2.24, 2.45) is 5.92 Å². The predicted octanol–water partition coefficient (Wildman–Crippen LogP) is 5.02. The van der Waals surface area contributed by atoms with E-state index < -0.39 is 0 Å². The maximum Gasteiger partial charge on any atom is 0.123 e. The average molecular weight is 276 g/mol. The zero-order chi connectivity index (χ0) is 14.8. The number of hydrogen-bond acceptors (Lipinski definition) is 2. The molecule has 0 saturated carbocycles. The van der Waals surface area contributed by atoms with Crippen LogP contribution in [0.1, 0.15) is 45.6 Å². The molecule has 0 saturated heterocycles. The molecule has 0 N–H and O–H groups in total. The van der Waals surface area contributed by atoms with Gasteiger partial charge in [-0.25, -0.2) is 0 Å². The minimum atomic E-state index is 0.662. The maximum absolute atomic E-state index is 5.88. The topological polar surface area (TPSA) is 18.5 Å². The Morgan fingerprint density at radius 2 is 2.00 bits per heavy atom. The first-order valence-corrected chi connectivity index (χ1v) is 7.66. The summed E-state index contributed by atoms with van der Waals surface area (Å²) in [6.45, 7) is 11.9. The van der Waals surface area contributed by atoms with E-state index in [1.807, 2.05) is 18.2 Å². The van der Waals surface area contributed by atoms with Gasteiger partial charge in [-0.2, -0.15) is 0 Å². The molecule has 112 valence electrons. The molecule has 20 heavy (non-hydrogen) atoms. The largest absolute Gasteiger partial charge is 0.494 e. The summed E-state index contributed by atoms with van der Waals surface area (Å²) >= 11 is 0. The molecule has 0 amide bonds. The third kappa shape index (κ3) is 6.14. The van der Waals surface area contributed by atoms with E-state index >= 15 is 0 Å². The first kappa shape index (κ1) is 16.6. The summed E-state index contributed by atoms with van der Waals surface area (Å²) in [5.74, 6) is 2.54. The fourth-order valence-electron chi connectivity index (χ4n) is 1.84. The van der Waals surface area contributed by atoms with Gasteiger partial charge in [-0.05, 0) is 43.4 Å². The minimum Gasteiger partial charge on any atom is -0.494 e. The fraction of sp³-hybridized carbons (Fsp3) is 0.556.